The first-order valence-corrected chi connectivity index (χ1v) is 9.40. The molecule has 0 saturated heterocycles. The van der Waals surface area contributed by atoms with E-state index in [1.54, 1.807) is 25.3 Å². The molecule has 1 atom stereocenters. The van der Waals surface area contributed by atoms with Crippen LogP contribution in [0.1, 0.15) is 24.6 Å². The van der Waals surface area contributed by atoms with Crippen molar-refractivity contribution in [3.63, 3.8) is 0 Å². The van der Waals surface area contributed by atoms with E-state index in [1.165, 1.54) is 22.7 Å². The predicted octanol–water partition coefficient (Wildman–Crippen LogP) is 3.01. The van der Waals surface area contributed by atoms with Crippen LogP contribution < -0.4 is 5.32 Å². The maximum absolute atomic E-state index is 12.7. The first-order chi connectivity index (χ1) is 11.9. The summed E-state index contributed by atoms with van der Waals surface area (Å²) in [6.07, 6.45) is 11.3. The molecule has 1 aromatic heterocycles. The lowest BCUT2D eigenvalue weighted by molar-refractivity contribution is -0.113. The van der Waals surface area contributed by atoms with Crippen LogP contribution in [0.5, 0.6) is 0 Å². The third kappa shape index (κ3) is 4.18. The van der Waals surface area contributed by atoms with Crippen molar-refractivity contribution in [2.75, 3.05) is 12.4 Å². The SMILES string of the molecule is C#CC/C=C\CC1=C(C)C(O)=C(C(=O)Nc2ncc(C)s2)N(C)S1=O. The quantitative estimate of drug-likeness (QED) is 0.610. The maximum atomic E-state index is 12.7. The van der Waals surface area contributed by atoms with Gasteiger partial charge in [0.25, 0.3) is 5.91 Å². The van der Waals surface area contributed by atoms with E-state index in [-0.39, 0.29) is 11.5 Å². The highest BCUT2D eigenvalue weighted by atomic mass is 32.2. The van der Waals surface area contributed by atoms with Crippen LogP contribution in [0.25, 0.3) is 0 Å². The molecule has 6 nitrogen and oxygen atoms in total. The van der Waals surface area contributed by atoms with E-state index in [0.717, 1.165) is 4.88 Å². The molecule has 132 valence electrons. The molecule has 0 fully saturated rings. The summed E-state index contributed by atoms with van der Waals surface area (Å²) in [5, 5.41) is 13.5. The van der Waals surface area contributed by atoms with Crippen LogP contribution in [-0.4, -0.2) is 31.6 Å². The van der Waals surface area contributed by atoms with Gasteiger partial charge in [0.15, 0.2) is 10.8 Å². The second-order valence-corrected chi connectivity index (χ2v) is 8.08. The van der Waals surface area contributed by atoms with Crippen molar-refractivity contribution in [1.82, 2.24) is 9.29 Å². The van der Waals surface area contributed by atoms with Crippen LogP contribution in [0, 0.1) is 19.3 Å². The van der Waals surface area contributed by atoms with Gasteiger partial charge in [-0.15, -0.1) is 23.7 Å². The molecule has 1 aromatic rings. The van der Waals surface area contributed by atoms with Crippen molar-refractivity contribution in [2.24, 2.45) is 0 Å². The number of rotatable bonds is 5. The van der Waals surface area contributed by atoms with Crippen LogP contribution >= 0.6 is 11.3 Å². The number of aliphatic hydroxyl groups is 1. The minimum absolute atomic E-state index is 0.0416. The van der Waals surface area contributed by atoms with E-state index >= 15 is 0 Å². The van der Waals surface area contributed by atoms with Crippen LogP contribution in [0.3, 0.4) is 0 Å². The van der Waals surface area contributed by atoms with Gasteiger partial charge in [-0.05, 0) is 13.8 Å². The Bertz CT molecular complexity index is 844. The number of carbonyl (C=O) groups is 1. The van der Waals surface area contributed by atoms with Gasteiger partial charge in [0.05, 0.1) is 0 Å². The Kier molecular flexibility index (Phi) is 6.17. The molecule has 0 saturated carbocycles. The molecule has 0 aromatic carbocycles. The number of anilines is 1. The Morgan fingerprint density at radius 2 is 2.24 bits per heavy atom. The molecule has 0 radical (unpaired) electrons. The van der Waals surface area contributed by atoms with E-state index in [2.05, 4.69) is 16.2 Å². The molecule has 2 heterocycles. The standard InChI is InChI=1S/C17H19N3O3S2/c1-5-6-7-8-9-13-12(3)15(21)14(20(4)25(13)23)16(22)19-17-18-10-11(2)24-17/h1,7-8,10,21H,6,9H2,2-4H3,(H,18,19,22)/b8-7-. The van der Waals surface area contributed by atoms with Gasteiger partial charge in [-0.3, -0.25) is 14.4 Å². The second kappa shape index (κ2) is 8.14. The summed E-state index contributed by atoms with van der Waals surface area (Å²) in [4.78, 5) is 18.0. The number of aryl methyl sites for hydroxylation is 1. The van der Waals surface area contributed by atoms with Crippen LogP contribution in [0.2, 0.25) is 0 Å². The van der Waals surface area contributed by atoms with E-state index < -0.39 is 16.9 Å². The summed E-state index contributed by atoms with van der Waals surface area (Å²) in [5.74, 6) is 1.75. The van der Waals surface area contributed by atoms with E-state index in [1.807, 2.05) is 6.92 Å². The molecular weight excluding hydrogens is 358 g/mol. The molecule has 1 amide bonds. The van der Waals surface area contributed by atoms with Crippen molar-refractivity contribution in [1.29, 1.82) is 0 Å². The highest BCUT2D eigenvalue weighted by molar-refractivity contribution is 7.86. The van der Waals surface area contributed by atoms with Crippen molar-refractivity contribution in [2.45, 2.75) is 26.7 Å². The van der Waals surface area contributed by atoms with Gasteiger partial charge in [0.2, 0.25) is 0 Å². The molecule has 1 aliphatic heterocycles. The molecule has 8 heteroatoms. The normalized spacial score (nSPS) is 18.0. The monoisotopic (exact) mass is 377 g/mol. The number of aliphatic hydroxyl groups excluding tert-OH is 1. The third-order valence-electron chi connectivity index (χ3n) is 3.53. The summed E-state index contributed by atoms with van der Waals surface area (Å²) >= 11 is 1.32. The maximum Gasteiger partial charge on any atom is 0.278 e. The topological polar surface area (TPSA) is 82.5 Å². The fourth-order valence-corrected chi connectivity index (χ4v) is 4.15. The Morgan fingerprint density at radius 1 is 1.52 bits per heavy atom. The number of terminal acetylenes is 1. The fourth-order valence-electron chi connectivity index (χ4n) is 2.22. The molecule has 2 N–H and O–H groups in total. The van der Waals surface area contributed by atoms with Crippen LogP contribution in [0.4, 0.5) is 5.13 Å². The van der Waals surface area contributed by atoms with Gasteiger partial charge in [0, 0.05) is 41.4 Å². The summed E-state index contributed by atoms with van der Waals surface area (Å²) in [6, 6.07) is 0. The van der Waals surface area contributed by atoms with Gasteiger partial charge >= 0.3 is 0 Å². The average molecular weight is 377 g/mol. The Morgan fingerprint density at radius 3 is 2.84 bits per heavy atom. The number of thiazole rings is 1. The van der Waals surface area contributed by atoms with Gasteiger partial charge in [-0.1, -0.05) is 12.2 Å². The number of amides is 1. The predicted molar refractivity (Wildman–Crippen MR) is 101 cm³/mol. The van der Waals surface area contributed by atoms with E-state index in [4.69, 9.17) is 6.42 Å². The number of nitrogens with one attached hydrogen (secondary N) is 1. The van der Waals surface area contributed by atoms with Crippen molar-refractivity contribution in [3.05, 3.63) is 45.2 Å². The van der Waals surface area contributed by atoms with E-state index in [9.17, 15) is 14.1 Å². The molecule has 25 heavy (non-hydrogen) atoms. The second-order valence-electron chi connectivity index (χ2n) is 5.31. The first-order valence-electron chi connectivity index (χ1n) is 7.48. The lowest BCUT2D eigenvalue weighted by Gasteiger charge is -2.28. The number of likely N-dealkylation sites (N-methyl/N-ethyl adjacent to an activating group) is 1. The summed E-state index contributed by atoms with van der Waals surface area (Å²) in [6.45, 7) is 3.52. The molecule has 2 rings (SSSR count). The smallest absolute Gasteiger partial charge is 0.278 e. The number of allylic oxidation sites excluding steroid dienone is 4. The minimum atomic E-state index is -1.57. The number of hydrogen-bond donors (Lipinski definition) is 2. The van der Waals surface area contributed by atoms with Gasteiger partial charge < -0.3 is 5.11 Å². The molecule has 0 aliphatic carbocycles. The van der Waals surface area contributed by atoms with Crippen molar-refractivity contribution >= 4 is 33.4 Å². The Labute approximate surface area is 153 Å². The molecule has 1 aliphatic rings. The number of nitrogens with zero attached hydrogens (tertiary/aromatic N) is 2. The highest BCUT2D eigenvalue weighted by Gasteiger charge is 2.32. The van der Waals surface area contributed by atoms with Gasteiger partial charge in [-0.2, -0.15) is 0 Å². The first kappa shape index (κ1) is 19.0. The lowest BCUT2D eigenvalue weighted by Crippen LogP contribution is -2.34. The molecule has 0 spiro atoms. The summed E-state index contributed by atoms with van der Waals surface area (Å²) in [7, 11) is -0.0622. The van der Waals surface area contributed by atoms with Crippen molar-refractivity contribution < 1.29 is 14.1 Å². The summed E-state index contributed by atoms with van der Waals surface area (Å²) in [5.41, 5.74) is 0.391. The van der Waals surface area contributed by atoms with Crippen LogP contribution in [-0.2, 0) is 15.8 Å². The molecule has 0 bridgehead atoms. The number of aromatic nitrogens is 1. The largest absolute Gasteiger partial charge is 0.505 e. The molecule has 1 unspecified atom stereocenters. The van der Waals surface area contributed by atoms with Gasteiger partial charge in [-0.25, -0.2) is 9.19 Å². The lowest BCUT2D eigenvalue weighted by atomic mass is 10.1. The summed E-state index contributed by atoms with van der Waals surface area (Å²) < 4.78 is 13.9. The number of hydrogen-bond acceptors (Lipinski definition) is 5. The average Bonchev–Trinajstić information content (AvgIpc) is 2.97. The van der Waals surface area contributed by atoms with Crippen LogP contribution in [0.15, 0.2) is 40.3 Å². The minimum Gasteiger partial charge on any atom is -0.505 e. The number of carbonyl (C=O) groups excluding carboxylic acids is 1. The zero-order valence-electron chi connectivity index (χ0n) is 14.2. The van der Waals surface area contributed by atoms with E-state index in [0.29, 0.717) is 28.5 Å². The van der Waals surface area contributed by atoms with Crippen molar-refractivity contribution in [3.8, 4) is 12.3 Å². The zero-order chi connectivity index (χ0) is 18.6. The zero-order valence-corrected chi connectivity index (χ0v) is 15.8. The fraction of sp³-hybridized carbons (Fsp3) is 0.294. The molecular formula is C17H19N3O3S2. The Balaban J connectivity index is 2.29. The third-order valence-corrected chi connectivity index (χ3v) is 5.94. The highest BCUT2D eigenvalue weighted by Crippen LogP contribution is 2.31. The van der Waals surface area contributed by atoms with Gasteiger partial charge in [0.1, 0.15) is 16.7 Å². The Hall–Kier alpha value is -2.37.